The number of carbonyl (C=O) groups excluding carboxylic acids is 1. The van der Waals surface area contributed by atoms with E-state index in [0.29, 0.717) is 18.9 Å². The number of ether oxygens (including phenoxy) is 1. The molecule has 0 atom stereocenters. The summed E-state index contributed by atoms with van der Waals surface area (Å²) >= 11 is 0. The number of hydrogen-bond donors (Lipinski definition) is 0. The molecule has 0 amide bonds. The van der Waals surface area contributed by atoms with Crippen LogP contribution in [0.25, 0.3) is 0 Å². The minimum Gasteiger partial charge on any atom is -0.493 e. The highest BCUT2D eigenvalue weighted by atomic mass is 16.5. The second kappa shape index (κ2) is 5.49. The van der Waals surface area contributed by atoms with Crippen molar-refractivity contribution in [3.05, 3.63) is 47.2 Å². The van der Waals surface area contributed by atoms with Crippen molar-refractivity contribution in [1.82, 2.24) is 4.98 Å². The Kier molecular flexibility index (Phi) is 3.77. The molecule has 0 N–H and O–H groups in total. The number of aromatic nitrogens is 1. The summed E-state index contributed by atoms with van der Waals surface area (Å²) in [4.78, 5) is 14.9. The number of aldehydes is 1. The van der Waals surface area contributed by atoms with Crippen LogP contribution in [0.1, 0.15) is 27.4 Å². The molecule has 18 heavy (non-hydrogen) atoms. The maximum atomic E-state index is 10.9. The Morgan fingerprint density at radius 2 is 2.06 bits per heavy atom. The Bertz CT molecular complexity index is 509. The molecule has 0 radical (unpaired) electrons. The third-order valence-corrected chi connectivity index (χ3v) is 2.75. The maximum Gasteiger partial charge on any atom is 0.197 e. The van der Waals surface area contributed by atoms with Crippen molar-refractivity contribution in [2.75, 3.05) is 6.61 Å². The van der Waals surface area contributed by atoms with Gasteiger partial charge in [0.15, 0.2) is 12.2 Å². The van der Waals surface area contributed by atoms with Crippen LogP contribution >= 0.6 is 0 Å². The molecule has 0 aliphatic rings. The first-order chi connectivity index (χ1) is 8.70. The van der Waals surface area contributed by atoms with Crippen LogP contribution in [-0.4, -0.2) is 17.9 Å². The van der Waals surface area contributed by atoms with E-state index in [1.165, 1.54) is 0 Å². The molecule has 94 valence electrons. The van der Waals surface area contributed by atoms with Gasteiger partial charge in [-0.25, -0.2) is 4.98 Å². The lowest BCUT2D eigenvalue weighted by Gasteiger charge is -2.09. The fourth-order valence-corrected chi connectivity index (χ4v) is 1.84. The van der Waals surface area contributed by atoms with Crippen LogP contribution in [-0.2, 0) is 6.42 Å². The molecular formula is C14H15NO3. The van der Waals surface area contributed by atoms with E-state index in [0.717, 1.165) is 28.7 Å². The summed E-state index contributed by atoms with van der Waals surface area (Å²) in [5.74, 6) is 1.43. The molecule has 4 heteroatoms. The molecule has 2 aromatic rings. The molecule has 0 fully saturated rings. The van der Waals surface area contributed by atoms with Crippen molar-refractivity contribution in [3.8, 4) is 5.75 Å². The molecule has 0 aliphatic heterocycles. The van der Waals surface area contributed by atoms with Gasteiger partial charge in [-0.1, -0.05) is 0 Å². The number of aryl methyl sites for hydroxylation is 2. The Hall–Kier alpha value is -2.10. The molecule has 1 heterocycles. The minimum atomic E-state index is 0.500. The highest BCUT2D eigenvalue weighted by Gasteiger charge is 2.05. The van der Waals surface area contributed by atoms with Crippen LogP contribution in [0.2, 0.25) is 0 Å². The van der Waals surface area contributed by atoms with Gasteiger partial charge in [0, 0.05) is 5.56 Å². The molecule has 0 saturated heterocycles. The molecular weight excluding hydrogens is 230 g/mol. The van der Waals surface area contributed by atoms with Crippen LogP contribution in [0.5, 0.6) is 5.75 Å². The number of benzene rings is 1. The van der Waals surface area contributed by atoms with Gasteiger partial charge in [-0.05, 0) is 37.1 Å². The predicted octanol–water partition coefficient (Wildman–Crippen LogP) is 2.73. The van der Waals surface area contributed by atoms with Crippen molar-refractivity contribution in [2.45, 2.75) is 20.3 Å². The van der Waals surface area contributed by atoms with Crippen LogP contribution < -0.4 is 4.74 Å². The number of carbonyl (C=O) groups is 1. The van der Waals surface area contributed by atoms with Gasteiger partial charge in [-0.3, -0.25) is 4.79 Å². The highest BCUT2D eigenvalue weighted by Crippen LogP contribution is 2.20. The molecule has 0 saturated carbocycles. The third kappa shape index (κ3) is 2.77. The van der Waals surface area contributed by atoms with Gasteiger partial charge < -0.3 is 9.15 Å². The molecule has 0 bridgehead atoms. The smallest absolute Gasteiger partial charge is 0.197 e. The van der Waals surface area contributed by atoms with Gasteiger partial charge in [0.2, 0.25) is 0 Å². The molecule has 0 aliphatic carbocycles. The fourth-order valence-electron chi connectivity index (χ4n) is 1.84. The first kappa shape index (κ1) is 12.4. The van der Waals surface area contributed by atoms with Gasteiger partial charge in [0.25, 0.3) is 0 Å². The van der Waals surface area contributed by atoms with E-state index in [9.17, 15) is 4.79 Å². The van der Waals surface area contributed by atoms with Crippen LogP contribution in [0.3, 0.4) is 0 Å². The second-order valence-electron chi connectivity index (χ2n) is 4.11. The average molecular weight is 245 g/mol. The zero-order valence-electron chi connectivity index (χ0n) is 10.5. The summed E-state index contributed by atoms with van der Waals surface area (Å²) in [6.07, 6.45) is 4.66. The van der Waals surface area contributed by atoms with E-state index in [1.807, 2.05) is 26.0 Å². The number of nitrogens with zero attached hydrogens (tertiary/aromatic N) is 1. The van der Waals surface area contributed by atoms with Crippen LogP contribution in [0.15, 0.2) is 29.0 Å². The van der Waals surface area contributed by atoms with Crippen molar-refractivity contribution in [2.24, 2.45) is 0 Å². The van der Waals surface area contributed by atoms with Crippen molar-refractivity contribution in [3.63, 3.8) is 0 Å². The van der Waals surface area contributed by atoms with Gasteiger partial charge >= 0.3 is 0 Å². The standard InChI is InChI=1S/C14H15NO3/c1-10-7-12(8-11(2)13(10)9-16)17-5-3-14-15-4-6-18-14/h4,6-9H,3,5H2,1-2H3. The lowest BCUT2D eigenvalue weighted by atomic mass is 10.0. The lowest BCUT2D eigenvalue weighted by Crippen LogP contribution is -2.03. The van der Waals surface area contributed by atoms with E-state index in [4.69, 9.17) is 9.15 Å². The monoisotopic (exact) mass is 245 g/mol. The maximum absolute atomic E-state index is 10.9. The molecule has 4 nitrogen and oxygen atoms in total. The summed E-state index contributed by atoms with van der Waals surface area (Å²) in [5, 5.41) is 0. The Morgan fingerprint density at radius 3 is 2.61 bits per heavy atom. The molecule has 1 aromatic carbocycles. The van der Waals surface area contributed by atoms with Gasteiger partial charge in [-0.15, -0.1) is 0 Å². The number of oxazole rings is 1. The van der Waals surface area contributed by atoms with Gasteiger partial charge in [-0.2, -0.15) is 0 Å². The molecule has 1 aromatic heterocycles. The zero-order chi connectivity index (χ0) is 13.0. The summed E-state index contributed by atoms with van der Waals surface area (Å²) in [6, 6.07) is 3.73. The third-order valence-electron chi connectivity index (χ3n) is 2.75. The summed E-state index contributed by atoms with van der Waals surface area (Å²) in [7, 11) is 0. The zero-order valence-corrected chi connectivity index (χ0v) is 10.5. The van der Waals surface area contributed by atoms with E-state index < -0.39 is 0 Å². The number of rotatable bonds is 5. The van der Waals surface area contributed by atoms with Crippen molar-refractivity contribution >= 4 is 6.29 Å². The molecule has 2 rings (SSSR count). The van der Waals surface area contributed by atoms with Crippen molar-refractivity contribution < 1.29 is 13.9 Å². The van der Waals surface area contributed by atoms with Crippen LogP contribution in [0, 0.1) is 13.8 Å². The summed E-state index contributed by atoms with van der Waals surface area (Å²) in [5.41, 5.74) is 2.59. The van der Waals surface area contributed by atoms with Crippen molar-refractivity contribution in [1.29, 1.82) is 0 Å². The van der Waals surface area contributed by atoms with E-state index in [-0.39, 0.29) is 0 Å². The number of hydrogen-bond acceptors (Lipinski definition) is 4. The van der Waals surface area contributed by atoms with E-state index in [1.54, 1.807) is 12.5 Å². The molecule has 0 unspecified atom stereocenters. The average Bonchev–Trinajstić information content (AvgIpc) is 2.82. The minimum absolute atomic E-state index is 0.500. The first-order valence-electron chi connectivity index (χ1n) is 5.78. The highest BCUT2D eigenvalue weighted by molar-refractivity contribution is 5.80. The van der Waals surface area contributed by atoms with Gasteiger partial charge in [0.05, 0.1) is 19.2 Å². The topological polar surface area (TPSA) is 52.3 Å². The van der Waals surface area contributed by atoms with E-state index >= 15 is 0 Å². The normalized spacial score (nSPS) is 10.3. The Morgan fingerprint density at radius 1 is 1.33 bits per heavy atom. The van der Waals surface area contributed by atoms with Gasteiger partial charge in [0.1, 0.15) is 12.0 Å². The SMILES string of the molecule is Cc1cc(OCCc2ncco2)cc(C)c1C=O. The quantitative estimate of drug-likeness (QED) is 0.760. The predicted molar refractivity (Wildman–Crippen MR) is 67.0 cm³/mol. The first-order valence-corrected chi connectivity index (χ1v) is 5.78. The lowest BCUT2D eigenvalue weighted by molar-refractivity contribution is 0.112. The second-order valence-corrected chi connectivity index (χ2v) is 4.11. The van der Waals surface area contributed by atoms with Crippen LogP contribution in [0.4, 0.5) is 0 Å². The molecule has 0 spiro atoms. The Labute approximate surface area is 106 Å². The Balaban J connectivity index is 1.99. The summed E-state index contributed by atoms with van der Waals surface area (Å²) in [6.45, 7) is 4.30. The summed E-state index contributed by atoms with van der Waals surface area (Å²) < 4.78 is 10.7. The fraction of sp³-hybridized carbons (Fsp3) is 0.286. The van der Waals surface area contributed by atoms with E-state index in [2.05, 4.69) is 4.98 Å². The largest absolute Gasteiger partial charge is 0.493 e.